The largest absolute Gasteiger partial charge is 0.508 e. The van der Waals surface area contributed by atoms with Gasteiger partial charge in [-0.2, -0.15) is 0 Å². The Morgan fingerprint density at radius 2 is 2.00 bits per heavy atom. The minimum atomic E-state index is -0.387. The molecule has 2 N–H and O–H groups in total. The fourth-order valence-electron chi connectivity index (χ4n) is 2.02. The van der Waals surface area contributed by atoms with E-state index in [4.69, 9.17) is 11.6 Å². The van der Waals surface area contributed by atoms with E-state index in [0.29, 0.717) is 10.7 Å². The molecule has 4 heteroatoms. The van der Waals surface area contributed by atoms with Crippen molar-refractivity contribution in [1.82, 2.24) is 0 Å². The van der Waals surface area contributed by atoms with Gasteiger partial charge in [-0.25, -0.2) is 4.39 Å². The second kappa shape index (κ2) is 5.93. The van der Waals surface area contributed by atoms with Gasteiger partial charge >= 0.3 is 0 Å². The molecule has 1 atom stereocenters. The van der Waals surface area contributed by atoms with Crippen LogP contribution in [0.2, 0.25) is 5.02 Å². The number of hydrogen-bond donors (Lipinski definition) is 2. The minimum absolute atomic E-state index is 0.0981. The van der Waals surface area contributed by atoms with Crippen LogP contribution in [-0.2, 0) is 0 Å². The van der Waals surface area contributed by atoms with E-state index in [2.05, 4.69) is 5.32 Å². The van der Waals surface area contributed by atoms with E-state index in [1.54, 1.807) is 18.2 Å². The molecule has 0 saturated carbocycles. The molecule has 0 aliphatic rings. The van der Waals surface area contributed by atoms with Crippen molar-refractivity contribution in [1.29, 1.82) is 0 Å². The Morgan fingerprint density at radius 1 is 1.26 bits per heavy atom. The summed E-state index contributed by atoms with van der Waals surface area (Å²) in [4.78, 5) is 0. The quantitative estimate of drug-likeness (QED) is 0.846. The van der Waals surface area contributed by atoms with E-state index in [-0.39, 0.29) is 17.6 Å². The van der Waals surface area contributed by atoms with Gasteiger partial charge in [0.2, 0.25) is 0 Å². The predicted molar refractivity (Wildman–Crippen MR) is 76.2 cm³/mol. The van der Waals surface area contributed by atoms with E-state index >= 15 is 0 Å². The summed E-state index contributed by atoms with van der Waals surface area (Å²) in [6.07, 6.45) is 0.756. The van der Waals surface area contributed by atoms with Crippen LogP contribution in [-0.4, -0.2) is 5.11 Å². The highest BCUT2D eigenvalue weighted by molar-refractivity contribution is 6.30. The molecule has 0 radical (unpaired) electrons. The van der Waals surface area contributed by atoms with Crippen LogP contribution in [0.25, 0.3) is 0 Å². The van der Waals surface area contributed by atoms with Crippen LogP contribution >= 0.6 is 11.6 Å². The Kier molecular flexibility index (Phi) is 4.27. The molecular weight excluding hydrogens is 265 g/mol. The summed E-state index contributed by atoms with van der Waals surface area (Å²) in [5.41, 5.74) is 1.38. The van der Waals surface area contributed by atoms with Gasteiger partial charge in [-0.1, -0.05) is 36.7 Å². The predicted octanol–water partition coefficient (Wildman–Crippen LogP) is 4.75. The lowest BCUT2D eigenvalue weighted by molar-refractivity contribution is 0.463. The lowest BCUT2D eigenvalue weighted by atomic mass is 10.0. The Bertz CT molecular complexity index is 554. The van der Waals surface area contributed by atoms with Gasteiger partial charge in [-0.05, 0) is 30.7 Å². The molecule has 0 saturated heterocycles. The summed E-state index contributed by atoms with van der Waals surface area (Å²) in [5.74, 6) is -0.161. The molecule has 0 fully saturated rings. The third-order valence-corrected chi connectivity index (χ3v) is 3.14. The number of nitrogens with one attached hydrogen (secondary N) is 1. The van der Waals surface area contributed by atoms with E-state index in [1.807, 2.05) is 19.1 Å². The Labute approximate surface area is 116 Å². The Balaban J connectivity index is 2.26. The first-order valence-corrected chi connectivity index (χ1v) is 6.48. The zero-order valence-electron chi connectivity index (χ0n) is 10.5. The Morgan fingerprint density at radius 3 is 2.63 bits per heavy atom. The van der Waals surface area contributed by atoms with E-state index in [1.165, 1.54) is 12.1 Å². The lowest BCUT2D eigenvalue weighted by Crippen LogP contribution is -2.10. The molecule has 0 bridgehead atoms. The van der Waals surface area contributed by atoms with Gasteiger partial charge in [-0.15, -0.1) is 0 Å². The number of phenols is 1. The zero-order valence-corrected chi connectivity index (χ0v) is 11.3. The van der Waals surface area contributed by atoms with Gasteiger partial charge in [0.15, 0.2) is 0 Å². The van der Waals surface area contributed by atoms with Crippen molar-refractivity contribution in [2.24, 2.45) is 0 Å². The molecule has 0 amide bonds. The van der Waals surface area contributed by atoms with Crippen molar-refractivity contribution >= 4 is 17.3 Å². The standard InChI is InChI=1S/C15H15ClFNO/c1-2-14(13-5-3-4-6-15(13)19)18-12-8-10(16)7-11(17)9-12/h3-9,14,18-19H,2H2,1H3. The Hall–Kier alpha value is -1.74. The molecular formula is C15H15ClFNO. The van der Waals surface area contributed by atoms with Crippen molar-refractivity contribution in [3.8, 4) is 5.75 Å². The van der Waals surface area contributed by atoms with E-state index in [9.17, 15) is 9.50 Å². The normalized spacial score (nSPS) is 12.2. The molecule has 1 unspecified atom stereocenters. The number of benzene rings is 2. The maximum Gasteiger partial charge on any atom is 0.126 e. The number of phenolic OH excluding ortho intramolecular Hbond substituents is 1. The van der Waals surface area contributed by atoms with Gasteiger partial charge in [0.1, 0.15) is 11.6 Å². The average molecular weight is 280 g/mol. The van der Waals surface area contributed by atoms with Crippen molar-refractivity contribution in [2.75, 3.05) is 5.32 Å². The molecule has 2 aromatic carbocycles. The molecule has 0 aromatic heterocycles. The maximum absolute atomic E-state index is 13.3. The highest BCUT2D eigenvalue weighted by Crippen LogP contribution is 2.30. The molecule has 19 heavy (non-hydrogen) atoms. The van der Waals surface area contributed by atoms with E-state index in [0.717, 1.165) is 12.0 Å². The van der Waals surface area contributed by atoms with Crippen molar-refractivity contribution in [2.45, 2.75) is 19.4 Å². The summed E-state index contributed by atoms with van der Waals surface area (Å²) in [6.45, 7) is 1.99. The summed E-state index contributed by atoms with van der Waals surface area (Å²) in [5, 5.41) is 13.4. The molecule has 2 rings (SSSR count). The number of halogens is 2. The molecule has 100 valence electrons. The van der Waals surface area contributed by atoms with Gasteiger partial charge in [0.05, 0.1) is 6.04 Å². The molecule has 0 aliphatic heterocycles. The third kappa shape index (κ3) is 3.38. The maximum atomic E-state index is 13.3. The van der Waals surface area contributed by atoms with Gasteiger partial charge in [0.25, 0.3) is 0 Å². The van der Waals surface area contributed by atoms with Gasteiger partial charge in [-0.3, -0.25) is 0 Å². The third-order valence-electron chi connectivity index (χ3n) is 2.92. The topological polar surface area (TPSA) is 32.3 Å². The van der Waals surface area contributed by atoms with E-state index < -0.39 is 0 Å². The fourth-order valence-corrected chi connectivity index (χ4v) is 2.24. The van der Waals surface area contributed by atoms with Crippen molar-refractivity contribution in [3.63, 3.8) is 0 Å². The first-order chi connectivity index (χ1) is 9.10. The lowest BCUT2D eigenvalue weighted by Gasteiger charge is -2.20. The van der Waals surface area contributed by atoms with Crippen molar-refractivity contribution < 1.29 is 9.50 Å². The number of para-hydroxylation sites is 1. The summed E-state index contributed by atoms with van der Waals surface area (Å²) in [7, 11) is 0. The number of anilines is 1. The summed E-state index contributed by atoms with van der Waals surface area (Å²) in [6, 6.07) is 11.3. The zero-order chi connectivity index (χ0) is 13.8. The SMILES string of the molecule is CCC(Nc1cc(F)cc(Cl)c1)c1ccccc1O. The monoisotopic (exact) mass is 279 g/mol. The first kappa shape index (κ1) is 13.7. The van der Waals surface area contributed by atoms with Crippen LogP contribution in [0.4, 0.5) is 10.1 Å². The second-order valence-electron chi connectivity index (χ2n) is 4.32. The molecule has 0 spiro atoms. The number of rotatable bonds is 4. The van der Waals surface area contributed by atoms with Crippen LogP contribution < -0.4 is 5.32 Å². The first-order valence-electron chi connectivity index (χ1n) is 6.10. The minimum Gasteiger partial charge on any atom is -0.508 e. The van der Waals surface area contributed by atoms with Gasteiger partial charge in [0, 0.05) is 16.3 Å². The molecule has 0 aliphatic carbocycles. The second-order valence-corrected chi connectivity index (χ2v) is 4.76. The highest BCUT2D eigenvalue weighted by atomic mass is 35.5. The molecule has 2 aromatic rings. The van der Waals surface area contributed by atoms with Crippen LogP contribution in [0.15, 0.2) is 42.5 Å². The fraction of sp³-hybridized carbons (Fsp3) is 0.200. The van der Waals surface area contributed by atoms with Crippen LogP contribution in [0.5, 0.6) is 5.75 Å². The average Bonchev–Trinajstić information content (AvgIpc) is 2.36. The number of hydrogen-bond acceptors (Lipinski definition) is 2. The molecule has 2 nitrogen and oxygen atoms in total. The summed E-state index contributed by atoms with van der Waals surface area (Å²) < 4.78 is 13.3. The van der Waals surface area contributed by atoms with Gasteiger partial charge < -0.3 is 10.4 Å². The van der Waals surface area contributed by atoms with Crippen LogP contribution in [0, 0.1) is 5.82 Å². The molecule has 0 heterocycles. The van der Waals surface area contributed by atoms with Crippen LogP contribution in [0.3, 0.4) is 0 Å². The highest BCUT2D eigenvalue weighted by Gasteiger charge is 2.13. The number of aromatic hydroxyl groups is 1. The summed E-state index contributed by atoms with van der Waals surface area (Å²) >= 11 is 5.82. The van der Waals surface area contributed by atoms with Crippen molar-refractivity contribution in [3.05, 3.63) is 58.9 Å². The smallest absolute Gasteiger partial charge is 0.126 e. The van der Waals surface area contributed by atoms with Crippen LogP contribution in [0.1, 0.15) is 24.9 Å².